The van der Waals surface area contributed by atoms with E-state index in [9.17, 15) is 0 Å². The van der Waals surface area contributed by atoms with Crippen LogP contribution in [0.2, 0.25) is 0 Å². The van der Waals surface area contributed by atoms with Crippen LogP contribution in [0.1, 0.15) is 22.8 Å². The van der Waals surface area contributed by atoms with Gasteiger partial charge in [-0.3, -0.25) is 0 Å². The molecule has 4 aromatic heterocycles. The molecule has 388 valence electrons. The summed E-state index contributed by atoms with van der Waals surface area (Å²) >= 11 is 0. The number of para-hydroxylation sites is 4. The standard InChI is InChI=1S/4C18H14N.2ClH.2Zr/c4*1-13-11-17-16-10-6-5-7-14(16)12-18(17)19(13)15-8-3-2-4-9-15;;;;/h4*2-12H,1H3;2*1H;;/q4*-1;;;2*+2/p-2. The van der Waals surface area contributed by atoms with E-state index < -0.39 is 0 Å². The van der Waals surface area contributed by atoms with Crippen molar-refractivity contribution in [1.29, 1.82) is 0 Å². The molecule has 0 aliphatic carbocycles. The van der Waals surface area contributed by atoms with Crippen LogP contribution in [0.4, 0.5) is 0 Å². The molecule has 0 aliphatic rings. The second kappa shape index (κ2) is 24.6. The average molecular weight is 1230 g/mol. The summed E-state index contributed by atoms with van der Waals surface area (Å²) in [6.45, 7) is 8.67. The molecule has 4 nitrogen and oxygen atoms in total. The Morgan fingerprint density at radius 2 is 0.400 bits per heavy atom. The van der Waals surface area contributed by atoms with E-state index in [1.54, 1.807) is 0 Å². The number of nitrogens with zero attached hydrogens (tertiary/aromatic N) is 4. The quantitative estimate of drug-likeness (QED) is 0.157. The van der Waals surface area contributed by atoms with Crippen molar-refractivity contribution in [2.45, 2.75) is 27.7 Å². The van der Waals surface area contributed by atoms with Crippen molar-refractivity contribution in [2.24, 2.45) is 0 Å². The van der Waals surface area contributed by atoms with Crippen molar-refractivity contribution in [1.82, 2.24) is 18.3 Å². The van der Waals surface area contributed by atoms with Gasteiger partial charge in [0.15, 0.2) is 0 Å². The van der Waals surface area contributed by atoms with Gasteiger partial charge in [0.25, 0.3) is 0 Å². The topological polar surface area (TPSA) is 19.7 Å². The molecule has 0 unspecified atom stereocenters. The van der Waals surface area contributed by atoms with Gasteiger partial charge in [-0.05, 0) is 98.3 Å². The van der Waals surface area contributed by atoms with Gasteiger partial charge < -0.3 is 43.1 Å². The van der Waals surface area contributed by atoms with Crippen molar-refractivity contribution < 1.29 is 77.2 Å². The molecular formula is C72H56Cl2N4Zr2-2. The summed E-state index contributed by atoms with van der Waals surface area (Å²) in [6.07, 6.45) is 0. The normalized spacial score (nSPS) is 10.8. The largest absolute Gasteiger partial charge is 2.00 e. The SMILES string of the molecule is Cc1cc2c3ccccc3[cH-]c2n1-c1ccccc1.Cc1cc2c3ccccc3[cH-]c2n1-c1ccccc1.Cc1cc2c3ccccc3[cH-]c2n1-c1ccccc1.Cc1cc2c3ccccc3[cH-]c2n1-c1ccccc1.[Cl-].[Cl-].[Zr+2].[Zr+2]. The molecule has 0 bridgehead atoms. The predicted octanol–water partition coefficient (Wildman–Crippen LogP) is 13.2. The third kappa shape index (κ3) is 10.5. The van der Waals surface area contributed by atoms with E-state index in [0.29, 0.717) is 0 Å². The smallest absolute Gasteiger partial charge is 1.00 e. The molecule has 16 aromatic rings. The van der Waals surface area contributed by atoms with Crippen LogP contribution < -0.4 is 24.8 Å². The van der Waals surface area contributed by atoms with Crippen molar-refractivity contribution in [2.75, 3.05) is 0 Å². The van der Waals surface area contributed by atoms with Gasteiger partial charge in [-0.1, -0.05) is 121 Å². The van der Waals surface area contributed by atoms with E-state index in [1.807, 2.05) is 0 Å². The summed E-state index contributed by atoms with van der Waals surface area (Å²) in [5.74, 6) is 0. The van der Waals surface area contributed by atoms with Gasteiger partial charge >= 0.3 is 52.4 Å². The summed E-state index contributed by atoms with van der Waals surface area (Å²) in [5, 5.41) is 16.0. The summed E-state index contributed by atoms with van der Waals surface area (Å²) in [7, 11) is 0. The van der Waals surface area contributed by atoms with E-state index in [0.717, 1.165) is 0 Å². The maximum absolute atomic E-state index is 2.33. The summed E-state index contributed by atoms with van der Waals surface area (Å²) in [6, 6.07) is 94.8. The monoisotopic (exact) mass is 1230 g/mol. The number of hydrogen-bond donors (Lipinski definition) is 0. The summed E-state index contributed by atoms with van der Waals surface area (Å²) in [4.78, 5) is 0. The van der Waals surface area contributed by atoms with Crippen molar-refractivity contribution in [3.63, 3.8) is 0 Å². The number of aromatic nitrogens is 4. The Morgan fingerprint density at radius 1 is 0.225 bits per heavy atom. The van der Waals surface area contributed by atoms with Gasteiger partial charge in [-0.2, -0.15) is 0 Å². The molecule has 0 aliphatic heterocycles. The van der Waals surface area contributed by atoms with Crippen molar-refractivity contribution >= 4 is 86.7 Å². The van der Waals surface area contributed by atoms with E-state index in [1.165, 1.54) is 132 Å². The molecule has 0 atom stereocenters. The fraction of sp³-hybridized carbons (Fsp3) is 0.0556. The molecule has 16 rings (SSSR count). The molecule has 0 saturated heterocycles. The maximum atomic E-state index is 2.33. The molecule has 12 aromatic carbocycles. The number of benzene rings is 8. The third-order valence-corrected chi connectivity index (χ3v) is 15.1. The van der Waals surface area contributed by atoms with Gasteiger partial charge in [-0.15, -0.1) is 162 Å². The molecule has 80 heavy (non-hydrogen) atoms. The first-order chi connectivity index (χ1) is 37.4. The Morgan fingerprint density at radius 3 is 0.600 bits per heavy atom. The van der Waals surface area contributed by atoms with Crippen LogP contribution in [0.3, 0.4) is 0 Å². The first-order valence-corrected chi connectivity index (χ1v) is 26.3. The fourth-order valence-electron chi connectivity index (χ4n) is 11.8. The minimum Gasteiger partial charge on any atom is -1.00 e. The molecule has 4 heterocycles. The zero-order valence-electron chi connectivity index (χ0n) is 44.9. The van der Waals surface area contributed by atoms with E-state index >= 15 is 0 Å². The number of fused-ring (bicyclic) bond motifs is 12. The van der Waals surface area contributed by atoms with Crippen LogP contribution in [-0.4, -0.2) is 18.3 Å². The minimum atomic E-state index is 0. The number of halogens is 2. The second-order valence-corrected chi connectivity index (χ2v) is 19.9. The van der Waals surface area contributed by atoms with Crippen LogP contribution in [0.5, 0.6) is 0 Å². The Bertz CT molecular complexity index is 4080. The molecule has 0 N–H and O–H groups in total. The third-order valence-electron chi connectivity index (χ3n) is 15.1. The summed E-state index contributed by atoms with van der Waals surface area (Å²) < 4.78 is 9.31. The van der Waals surface area contributed by atoms with E-state index in [-0.39, 0.29) is 77.2 Å². The van der Waals surface area contributed by atoms with Gasteiger partial charge in [0.05, 0.1) is 0 Å². The molecule has 8 heteroatoms. The van der Waals surface area contributed by atoms with Crippen LogP contribution in [0.25, 0.3) is 109 Å². The van der Waals surface area contributed by atoms with Crippen molar-refractivity contribution in [3.8, 4) is 22.7 Å². The Balaban J connectivity index is 0.000000127. The van der Waals surface area contributed by atoms with Crippen LogP contribution in [0.15, 0.2) is 267 Å². The molecular weight excluding hydrogens is 1170 g/mol. The van der Waals surface area contributed by atoms with Crippen LogP contribution >= 0.6 is 0 Å². The van der Waals surface area contributed by atoms with Gasteiger partial charge in [0.1, 0.15) is 0 Å². The maximum Gasteiger partial charge on any atom is 2.00 e. The molecule has 0 saturated carbocycles. The Hall–Kier alpha value is -7.29. The zero-order chi connectivity index (χ0) is 51.3. The van der Waals surface area contributed by atoms with Gasteiger partial charge in [0.2, 0.25) is 0 Å². The van der Waals surface area contributed by atoms with Crippen molar-refractivity contribution in [3.05, 3.63) is 290 Å². The minimum absolute atomic E-state index is 0. The van der Waals surface area contributed by atoms with E-state index in [2.05, 4.69) is 313 Å². The van der Waals surface area contributed by atoms with Crippen LogP contribution in [-0.2, 0) is 52.4 Å². The van der Waals surface area contributed by atoms with E-state index in [4.69, 9.17) is 0 Å². The van der Waals surface area contributed by atoms with Crippen LogP contribution in [0, 0.1) is 27.7 Å². The molecule has 0 amide bonds. The molecule has 0 radical (unpaired) electrons. The Labute approximate surface area is 517 Å². The molecule has 0 spiro atoms. The number of rotatable bonds is 4. The first kappa shape index (κ1) is 57.4. The second-order valence-electron chi connectivity index (χ2n) is 19.9. The Kier molecular flexibility index (Phi) is 17.7. The summed E-state index contributed by atoms with van der Waals surface area (Å²) in [5.41, 5.74) is 15.2. The van der Waals surface area contributed by atoms with Gasteiger partial charge in [-0.25, -0.2) is 0 Å². The number of hydrogen-bond acceptors (Lipinski definition) is 0. The molecule has 0 fully saturated rings. The zero-order valence-corrected chi connectivity index (χ0v) is 51.4. The average Bonchev–Trinajstić information content (AvgIpc) is 4.43. The number of aryl methyl sites for hydroxylation is 4. The fourth-order valence-corrected chi connectivity index (χ4v) is 11.8. The predicted molar refractivity (Wildman–Crippen MR) is 324 cm³/mol. The van der Waals surface area contributed by atoms with Gasteiger partial charge in [0, 0.05) is 45.5 Å². The first-order valence-electron chi connectivity index (χ1n) is 26.3.